The van der Waals surface area contributed by atoms with Crippen LogP contribution in [0.15, 0.2) is 65.3 Å². The van der Waals surface area contributed by atoms with E-state index in [0.717, 1.165) is 16.3 Å². The SMILES string of the molecule is COC(CNC(=O)Cc1cccc2ccccc12)c1ccco1. The Morgan fingerprint density at radius 1 is 1.13 bits per heavy atom. The molecule has 1 N–H and O–H groups in total. The lowest BCUT2D eigenvalue weighted by molar-refractivity contribution is -0.121. The number of carbonyl (C=O) groups excluding carboxylic acids is 1. The van der Waals surface area contributed by atoms with Crippen molar-refractivity contribution in [2.75, 3.05) is 13.7 Å². The normalized spacial score (nSPS) is 12.2. The van der Waals surface area contributed by atoms with Crippen LogP contribution in [0.4, 0.5) is 0 Å². The molecule has 1 heterocycles. The molecule has 118 valence electrons. The van der Waals surface area contributed by atoms with Crippen molar-refractivity contribution in [1.29, 1.82) is 0 Å². The average Bonchev–Trinajstić information content (AvgIpc) is 3.10. The van der Waals surface area contributed by atoms with Gasteiger partial charge in [-0.15, -0.1) is 0 Å². The number of carbonyl (C=O) groups is 1. The van der Waals surface area contributed by atoms with Crippen molar-refractivity contribution in [2.45, 2.75) is 12.5 Å². The fourth-order valence-corrected chi connectivity index (χ4v) is 2.66. The molecule has 0 saturated heterocycles. The number of ether oxygens (including phenoxy) is 1. The predicted molar refractivity (Wildman–Crippen MR) is 89.1 cm³/mol. The third-order valence-corrected chi connectivity index (χ3v) is 3.86. The van der Waals surface area contributed by atoms with Gasteiger partial charge in [0.25, 0.3) is 0 Å². The summed E-state index contributed by atoms with van der Waals surface area (Å²) in [5.41, 5.74) is 1.02. The van der Waals surface area contributed by atoms with Crippen molar-refractivity contribution in [2.24, 2.45) is 0 Å². The van der Waals surface area contributed by atoms with Crippen LogP contribution in [0.2, 0.25) is 0 Å². The molecule has 0 bridgehead atoms. The van der Waals surface area contributed by atoms with E-state index in [1.165, 1.54) is 0 Å². The fourth-order valence-electron chi connectivity index (χ4n) is 2.66. The summed E-state index contributed by atoms with van der Waals surface area (Å²) >= 11 is 0. The van der Waals surface area contributed by atoms with Crippen molar-refractivity contribution < 1.29 is 13.9 Å². The van der Waals surface area contributed by atoms with Gasteiger partial charge in [0.15, 0.2) is 0 Å². The van der Waals surface area contributed by atoms with Crippen LogP contribution in [0, 0.1) is 0 Å². The minimum Gasteiger partial charge on any atom is -0.467 e. The molecule has 23 heavy (non-hydrogen) atoms. The van der Waals surface area contributed by atoms with Gasteiger partial charge in [-0.3, -0.25) is 4.79 Å². The maximum atomic E-state index is 12.2. The summed E-state index contributed by atoms with van der Waals surface area (Å²) in [5, 5.41) is 5.16. The predicted octanol–water partition coefficient (Wildman–Crippen LogP) is 3.48. The highest BCUT2D eigenvalue weighted by Crippen LogP contribution is 2.19. The monoisotopic (exact) mass is 309 g/mol. The summed E-state index contributed by atoms with van der Waals surface area (Å²) in [7, 11) is 1.60. The Labute approximate surface area is 135 Å². The van der Waals surface area contributed by atoms with E-state index in [1.807, 2.05) is 36.4 Å². The van der Waals surface area contributed by atoms with Crippen LogP contribution < -0.4 is 5.32 Å². The first-order valence-electron chi connectivity index (χ1n) is 7.57. The van der Waals surface area contributed by atoms with Gasteiger partial charge in [-0.2, -0.15) is 0 Å². The number of rotatable bonds is 6. The van der Waals surface area contributed by atoms with Crippen molar-refractivity contribution >= 4 is 16.7 Å². The van der Waals surface area contributed by atoms with Gasteiger partial charge in [0.1, 0.15) is 11.9 Å². The summed E-state index contributed by atoms with van der Waals surface area (Å²) in [5.74, 6) is 0.674. The van der Waals surface area contributed by atoms with E-state index in [0.29, 0.717) is 18.7 Å². The summed E-state index contributed by atoms with van der Waals surface area (Å²) < 4.78 is 10.7. The van der Waals surface area contributed by atoms with E-state index >= 15 is 0 Å². The molecule has 4 nitrogen and oxygen atoms in total. The van der Waals surface area contributed by atoms with E-state index in [4.69, 9.17) is 9.15 Å². The van der Waals surface area contributed by atoms with E-state index in [-0.39, 0.29) is 12.0 Å². The molecule has 0 fully saturated rings. The Bertz CT molecular complexity index is 775. The van der Waals surface area contributed by atoms with E-state index in [1.54, 1.807) is 19.4 Å². The topological polar surface area (TPSA) is 51.5 Å². The Hall–Kier alpha value is -2.59. The zero-order valence-electron chi connectivity index (χ0n) is 13.0. The van der Waals surface area contributed by atoms with Gasteiger partial charge >= 0.3 is 0 Å². The third-order valence-electron chi connectivity index (χ3n) is 3.86. The van der Waals surface area contributed by atoms with Crippen molar-refractivity contribution in [3.05, 3.63) is 72.2 Å². The first-order chi connectivity index (χ1) is 11.3. The van der Waals surface area contributed by atoms with Crippen molar-refractivity contribution in [1.82, 2.24) is 5.32 Å². The summed E-state index contributed by atoms with van der Waals surface area (Å²) in [4.78, 5) is 12.2. The summed E-state index contributed by atoms with van der Waals surface area (Å²) in [6, 6.07) is 17.7. The summed E-state index contributed by atoms with van der Waals surface area (Å²) in [6.45, 7) is 0.383. The van der Waals surface area contributed by atoms with Gasteiger partial charge in [0.2, 0.25) is 5.91 Å². The maximum Gasteiger partial charge on any atom is 0.224 e. The Morgan fingerprint density at radius 2 is 1.96 bits per heavy atom. The molecule has 1 aromatic heterocycles. The molecule has 4 heteroatoms. The van der Waals surface area contributed by atoms with Gasteiger partial charge in [0, 0.05) is 7.11 Å². The van der Waals surface area contributed by atoms with Gasteiger partial charge in [0.05, 0.1) is 19.2 Å². The smallest absolute Gasteiger partial charge is 0.224 e. The molecule has 1 atom stereocenters. The van der Waals surface area contributed by atoms with Crippen LogP contribution in [0.5, 0.6) is 0 Å². The second-order valence-electron chi connectivity index (χ2n) is 5.36. The average molecular weight is 309 g/mol. The number of hydrogen-bond donors (Lipinski definition) is 1. The molecule has 0 aliphatic heterocycles. The molecule has 2 aromatic carbocycles. The van der Waals surface area contributed by atoms with Crippen LogP contribution in [0.3, 0.4) is 0 Å². The molecular formula is C19H19NO3. The number of benzene rings is 2. The zero-order valence-corrected chi connectivity index (χ0v) is 13.0. The number of nitrogens with one attached hydrogen (secondary N) is 1. The number of fused-ring (bicyclic) bond motifs is 1. The van der Waals surface area contributed by atoms with Crippen LogP contribution in [0.1, 0.15) is 17.4 Å². The molecule has 1 unspecified atom stereocenters. The van der Waals surface area contributed by atoms with Crippen molar-refractivity contribution in [3.8, 4) is 0 Å². The molecule has 0 saturated carbocycles. The molecule has 0 spiro atoms. The first kappa shape index (κ1) is 15.3. The van der Waals surface area contributed by atoms with Crippen molar-refractivity contribution in [3.63, 3.8) is 0 Å². The molecule has 0 aliphatic carbocycles. The van der Waals surface area contributed by atoms with Crippen LogP contribution >= 0.6 is 0 Å². The van der Waals surface area contributed by atoms with Gasteiger partial charge in [-0.1, -0.05) is 42.5 Å². The molecule has 3 aromatic rings. The summed E-state index contributed by atoms with van der Waals surface area (Å²) in [6.07, 6.45) is 1.66. The number of methoxy groups -OCH3 is 1. The van der Waals surface area contributed by atoms with E-state index in [9.17, 15) is 4.79 Å². The molecule has 3 rings (SSSR count). The standard InChI is InChI=1S/C19H19NO3/c1-22-18(17-10-5-11-23-17)13-20-19(21)12-15-8-4-7-14-6-2-3-9-16(14)15/h2-11,18H,12-13H2,1H3,(H,20,21). The lowest BCUT2D eigenvalue weighted by atomic mass is 10.0. The number of furan rings is 1. The van der Waals surface area contributed by atoms with Crippen LogP contribution in [-0.2, 0) is 16.0 Å². The molecule has 0 radical (unpaired) electrons. The quantitative estimate of drug-likeness (QED) is 0.758. The second-order valence-corrected chi connectivity index (χ2v) is 5.36. The zero-order chi connectivity index (χ0) is 16.1. The van der Waals surface area contributed by atoms with Crippen LogP contribution in [-0.4, -0.2) is 19.6 Å². The van der Waals surface area contributed by atoms with E-state index < -0.39 is 0 Å². The highest BCUT2D eigenvalue weighted by Gasteiger charge is 2.15. The lowest BCUT2D eigenvalue weighted by Gasteiger charge is -2.14. The minimum atomic E-state index is -0.276. The highest BCUT2D eigenvalue weighted by atomic mass is 16.5. The Balaban J connectivity index is 1.65. The largest absolute Gasteiger partial charge is 0.467 e. The molecule has 1 amide bonds. The number of hydrogen-bond acceptors (Lipinski definition) is 3. The van der Waals surface area contributed by atoms with Gasteiger partial charge < -0.3 is 14.5 Å². The van der Waals surface area contributed by atoms with Gasteiger partial charge in [-0.25, -0.2) is 0 Å². The van der Waals surface area contributed by atoms with Gasteiger partial charge in [-0.05, 0) is 28.5 Å². The second kappa shape index (κ2) is 7.11. The molecular weight excluding hydrogens is 290 g/mol. The third kappa shape index (κ3) is 3.60. The lowest BCUT2D eigenvalue weighted by Crippen LogP contribution is -2.30. The molecule has 0 aliphatic rings. The number of amides is 1. The first-order valence-corrected chi connectivity index (χ1v) is 7.57. The highest BCUT2D eigenvalue weighted by molar-refractivity contribution is 5.90. The Morgan fingerprint density at radius 3 is 2.74 bits per heavy atom. The minimum absolute atomic E-state index is 0.0324. The van der Waals surface area contributed by atoms with E-state index in [2.05, 4.69) is 17.4 Å². The Kier molecular flexibility index (Phi) is 4.74. The van der Waals surface area contributed by atoms with Crippen LogP contribution in [0.25, 0.3) is 10.8 Å². The maximum absolute atomic E-state index is 12.2. The fraction of sp³-hybridized carbons (Fsp3) is 0.211.